The van der Waals surface area contributed by atoms with Gasteiger partial charge in [-0.1, -0.05) is 24.3 Å². The minimum Gasteiger partial charge on any atom is -0.396 e. The minimum atomic E-state index is 0.328. The molecule has 4 nitrogen and oxygen atoms in total. The number of likely N-dealkylation sites (tertiary alicyclic amines) is 1. The molecule has 3 rings (SSSR count). The van der Waals surface area contributed by atoms with Crippen molar-refractivity contribution < 1.29 is 5.11 Å². The second kappa shape index (κ2) is 7.56. The van der Waals surface area contributed by atoms with Crippen LogP contribution in [0.4, 0.5) is 5.82 Å². The molecular weight excluding hydrogens is 274 g/mol. The van der Waals surface area contributed by atoms with Crippen LogP contribution in [0.15, 0.2) is 36.5 Å². The molecule has 2 aromatic rings. The zero-order valence-electron chi connectivity index (χ0n) is 13.0. The number of hydrogen-bond donors (Lipinski definition) is 2. The van der Waals surface area contributed by atoms with Crippen molar-refractivity contribution in [2.24, 2.45) is 5.92 Å². The van der Waals surface area contributed by atoms with Crippen LogP contribution in [0.25, 0.3) is 10.8 Å². The first-order valence-electron chi connectivity index (χ1n) is 8.27. The summed E-state index contributed by atoms with van der Waals surface area (Å²) < 4.78 is 0. The van der Waals surface area contributed by atoms with Gasteiger partial charge in [-0.15, -0.1) is 0 Å². The lowest BCUT2D eigenvalue weighted by molar-refractivity contribution is 0.120. The first-order chi connectivity index (χ1) is 10.9. The standard InChI is InChI=1S/C18H25N3O/c22-14-15-5-3-11-21(13-15)12-4-9-19-18-17-7-2-1-6-16(17)8-10-20-18/h1-2,6-8,10,15,22H,3-5,9,11-14H2,(H,19,20). The molecule has 2 heterocycles. The smallest absolute Gasteiger partial charge is 0.133 e. The summed E-state index contributed by atoms with van der Waals surface area (Å²) in [5.74, 6) is 1.45. The molecule has 1 atom stereocenters. The van der Waals surface area contributed by atoms with Crippen molar-refractivity contribution in [3.05, 3.63) is 36.5 Å². The van der Waals surface area contributed by atoms with E-state index >= 15 is 0 Å². The Bertz CT molecular complexity index is 596. The van der Waals surface area contributed by atoms with E-state index in [1.54, 1.807) is 0 Å². The highest BCUT2D eigenvalue weighted by Gasteiger charge is 2.18. The zero-order chi connectivity index (χ0) is 15.2. The highest BCUT2D eigenvalue weighted by molar-refractivity contribution is 5.91. The summed E-state index contributed by atoms with van der Waals surface area (Å²) in [5, 5.41) is 15.2. The Labute approximate surface area is 132 Å². The second-order valence-electron chi connectivity index (χ2n) is 6.15. The predicted molar refractivity (Wildman–Crippen MR) is 91.1 cm³/mol. The number of aliphatic hydroxyl groups is 1. The number of nitrogens with one attached hydrogen (secondary N) is 1. The molecule has 0 bridgehead atoms. The first kappa shape index (κ1) is 15.3. The molecule has 1 aliphatic heterocycles. The number of aromatic nitrogens is 1. The molecular formula is C18H25N3O. The summed E-state index contributed by atoms with van der Waals surface area (Å²) in [4.78, 5) is 6.93. The highest BCUT2D eigenvalue weighted by atomic mass is 16.3. The van der Waals surface area contributed by atoms with Gasteiger partial charge in [-0.25, -0.2) is 4.98 Å². The Balaban J connectivity index is 1.48. The molecule has 0 spiro atoms. The van der Waals surface area contributed by atoms with Crippen molar-refractivity contribution in [1.29, 1.82) is 0 Å². The first-order valence-corrected chi connectivity index (χ1v) is 8.27. The third-order valence-corrected chi connectivity index (χ3v) is 4.48. The molecule has 2 N–H and O–H groups in total. The molecule has 0 amide bonds. The summed E-state index contributed by atoms with van der Waals surface area (Å²) in [6.45, 7) is 4.57. The van der Waals surface area contributed by atoms with E-state index in [0.29, 0.717) is 12.5 Å². The van der Waals surface area contributed by atoms with Gasteiger partial charge in [0.2, 0.25) is 0 Å². The Morgan fingerprint density at radius 3 is 3.09 bits per heavy atom. The van der Waals surface area contributed by atoms with Crippen LogP contribution in [0.5, 0.6) is 0 Å². The highest BCUT2D eigenvalue weighted by Crippen LogP contribution is 2.20. The van der Waals surface area contributed by atoms with Gasteiger partial charge >= 0.3 is 0 Å². The molecule has 118 valence electrons. The van der Waals surface area contributed by atoms with Crippen LogP contribution in [-0.2, 0) is 0 Å². The van der Waals surface area contributed by atoms with Crippen LogP contribution in [0.1, 0.15) is 19.3 Å². The van der Waals surface area contributed by atoms with Crippen molar-refractivity contribution in [3.8, 4) is 0 Å². The third-order valence-electron chi connectivity index (χ3n) is 4.48. The summed E-state index contributed by atoms with van der Waals surface area (Å²) in [6, 6.07) is 10.4. The van der Waals surface area contributed by atoms with Crippen LogP contribution in [0.3, 0.4) is 0 Å². The van der Waals surface area contributed by atoms with E-state index in [-0.39, 0.29) is 0 Å². The van der Waals surface area contributed by atoms with E-state index in [1.807, 2.05) is 12.3 Å². The normalized spacial score (nSPS) is 19.4. The molecule has 0 aliphatic carbocycles. The van der Waals surface area contributed by atoms with E-state index in [9.17, 15) is 5.11 Å². The van der Waals surface area contributed by atoms with E-state index in [2.05, 4.69) is 39.5 Å². The van der Waals surface area contributed by atoms with Crippen LogP contribution >= 0.6 is 0 Å². The molecule has 0 saturated carbocycles. The average Bonchev–Trinajstić information content (AvgIpc) is 2.59. The van der Waals surface area contributed by atoms with Crippen LogP contribution in [0, 0.1) is 5.92 Å². The van der Waals surface area contributed by atoms with E-state index in [1.165, 1.54) is 30.2 Å². The lowest BCUT2D eigenvalue weighted by Crippen LogP contribution is -2.37. The fourth-order valence-electron chi connectivity index (χ4n) is 3.27. The van der Waals surface area contributed by atoms with Gasteiger partial charge < -0.3 is 15.3 Å². The van der Waals surface area contributed by atoms with Gasteiger partial charge in [0, 0.05) is 31.3 Å². The molecule has 1 aliphatic rings. The lowest BCUT2D eigenvalue weighted by atomic mass is 9.99. The maximum absolute atomic E-state index is 9.28. The molecule has 1 unspecified atom stereocenters. The quantitative estimate of drug-likeness (QED) is 0.805. The fraction of sp³-hybridized carbons (Fsp3) is 0.500. The van der Waals surface area contributed by atoms with Crippen molar-refractivity contribution in [2.45, 2.75) is 19.3 Å². The number of piperidine rings is 1. The third kappa shape index (κ3) is 3.76. The van der Waals surface area contributed by atoms with E-state index in [0.717, 1.165) is 31.9 Å². The van der Waals surface area contributed by atoms with Gasteiger partial charge in [0.15, 0.2) is 0 Å². The maximum atomic E-state index is 9.28. The van der Waals surface area contributed by atoms with Crippen molar-refractivity contribution in [1.82, 2.24) is 9.88 Å². The molecule has 0 radical (unpaired) electrons. The fourth-order valence-corrected chi connectivity index (χ4v) is 3.27. The van der Waals surface area contributed by atoms with Gasteiger partial charge in [-0.3, -0.25) is 0 Å². The number of nitrogens with zero attached hydrogens (tertiary/aromatic N) is 2. The molecule has 22 heavy (non-hydrogen) atoms. The Hall–Kier alpha value is -1.65. The summed E-state index contributed by atoms with van der Waals surface area (Å²) >= 11 is 0. The molecule has 1 fully saturated rings. The summed E-state index contributed by atoms with van der Waals surface area (Å²) in [7, 11) is 0. The zero-order valence-corrected chi connectivity index (χ0v) is 13.0. The van der Waals surface area contributed by atoms with E-state index < -0.39 is 0 Å². The topological polar surface area (TPSA) is 48.4 Å². The van der Waals surface area contributed by atoms with Gasteiger partial charge in [0.05, 0.1) is 0 Å². The molecule has 1 saturated heterocycles. The largest absolute Gasteiger partial charge is 0.396 e. The van der Waals surface area contributed by atoms with Crippen molar-refractivity contribution in [2.75, 3.05) is 38.1 Å². The number of benzene rings is 1. The monoisotopic (exact) mass is 299 g/mol. The number of aliphatic hydroxyl groups excluding tert-OH is 1. The van der Waals surface area contributed by atoms with E-state index in [4.69, 9.17) is 0 Å². The van der Waals surface area contributed by atoms with Crippen LogP contribution in [0.2, 0.25) is 0 Å². The average molecular weight is 299 g/mol. The van der Waals surface area contributed by atoms with Crippen molar-refractivity contribution >= 4 is 16.6 Å². The lowest BCUT2D eigenvalue weighted by Gasteiger charge is -2.31. The van der Waals surface area contributed by atoms with Gasteiger partial charge in [-0.2, -0.15) is 0 Å². The van der Waals surface area contributed by atoms with Gasteiger partial charge in [0.25, 0.3) is 0 Å². The SMILES string of the molecule is OCC1CCCN(CCCNc2nccc3ccccc23)C1. The molecule has 1 aromatic heterocycles. The van der Waals surface area contributed by atoms with Gasteiger partial charge in [0.1, 0.15) is 5.82 Å². The Morgan fingerprint density at radius 2 is 2.18 bits per heavy atom. The number of pyridine rings is 1. The number of fused-ring (bicyclic) bond motifs is 1. The van der Waals surface area contributed by atoms with Crippen LogP contribution in [-0.4, -0.2) is 47.8 Å². The summed E-state index contributed by atoms with van der Waals surface area (Å²) in [6.07, 6.45) is 5.35. The van der Waals surface area contributed by atoms with Crippen LogP contribution < -0.4 is 5.32 Å². The maximum Gasteiger partial charge on any atom is 0.133 e. The summed E-state index contributed by atoms with van der Waals surface area (Å²) in [5.41, 5.74) is 0. The molecule has 4 heteroatoms. The van der Waals surface area contributed by atoms with Crippen molar-refractivity contribution in [3.63, 3.8) is 0 Å². The minimum absolute atomic E-state index is 0.328. The van der Waals surface area contributed by atoms with Gasteiger partial charge in [-0.05, 0) is 49.7 Å². The number of hydrogen-bond acceptors (Lipinski definition) is 4. The Morgan fingerprint density at radius 1 is 1.27 bits per heavy atom. The molecule has 1 aromatic carbocycles. The second-order valence-corrected chi connectivity index (χ2v) is 6.15. The number of rotatable bonds is 6. The predicted octanol–water partition coefficient (Wildman–Crippen LogP) is 2.74. The number of anilines is 1. The Kier molecular flexibility index (Phi) is 5.24.